The molecule has 0 aliphatic heterocycles. The summed E-state index contributed by atoms with van der Waals surface area (Å²) in [4.78, 5) is 0. The fraction of sp³-hybridized carbons (Fsp3) is 0.125. The number of rotatable bonds is 4. The number of methoxy groups -OCH3 is 2. The third-order valence-electron chi connectivity index (χ3n) is 3.27. The fourth-order valence-corrected chi connectivity index (χ4v) is 3.02. The molecule has 3 aromatic rings. The SMILES string of the molecule is COc1ccc(OC)c(-c2nnc(-c3ccc(O)cc3O)s2)c1. The van der Waals surface area contributed by atoms with Crippen LogP contribution < -0.4 is 9.47 Å². The van der Waals surface area contributed by atoms with Crippen LogP contribution in [0.4, 0.5) is 0 Å². The molecule has 23 heavy (non-hydrogen) atoms. The molecule has 6 nitrogen and oxygen atoms in total. The second-order valence-electron chi connectivity index (χ2n) is 4.68. The van der Waals surface area contributed by atoms with E-state index < -0.39 is 0 Å². The summed E-state index contributed by atoms with van der Waals surface area (Å²) in [7, 11) is 3.17. The van der Waals surface area contributed by atoms with Crippen molar-refractivity contribution in [2.45, 2.75) is 0 Å². The van der Waals surface area contributed by atoms with Crippen molar-refractivity contribution in [1.82, 2.24) is 10.2 Å². The maximum atomic E-state index is 9.94. The molecule has 118 valence electrons. The van der Waals surface area contributed by atoms with Gasteiger partial charge < -0.3 is 19.7 Å². The lowest BCUT2D eigenvalue weighted by Crippen LogP contribution is -1.90. The van der Waals surface area contributed by atoms with E-state index in [1.807, 2.05) is 6.07 Å². The Morgan fingerprint density at radius 3 is 2.26 bits per heavy atom. The van der Waals surface area contributed by atoms with E-state index >= 15 is 0 Å². The zero-order valence-corrected chi connectivity index (χ0v) is 13.3. The van der Waals surface area contributed by atoms with E-state index in [-0.39, 0.29) is 11.5 Å². The molecule has 0 bridgehead atoms. The number of ether oxygens (including phenoxy) is 2. The number of hydrogen-bond donors (Lipinski definition) is 2. The number of phenols is 2. The van der Waals surface area contributed by atoms with Gasteiger partial charge >= 0.3 is 0 Å². The van der Waals surface area contributed by atoms with Crippen LogP contribution in [-0.2, 0) is 0 Å². The molecule has 0 fully saturated rings. The van der Waals surface area contributed by atoms with Gasteiger partial charge in [-0.05, 0) is 30.3 Å². The Labute approximate surface area is 136 Å². The van der Waals surface area contributed by atoms with Crippen molar-refractivity contribution in [2.75, 3.05) is 14.2 Å². The lowest BCUT2D eigenvalue weighted by Gasteiger charge is -2.07. The van der Waals surface area contributed by atoms with Crippen molar-refractivity contribution in [1.29, 1.82) is 0 Å². The monoisotopic (exact) mass is 330 g/mol. The van der Waals surface area contributed by atoms with Gasteiger partial charge in [-0.1, -0.05) is 11.3 Å². The molecule has 0 radical (unpaired) electrons. The number of hydrogen-bond acceptors (Lipinski definition) is 7. The first kappa shape index (κ1) is 15.1. The van der Waals surface area contributed by atoms with Crippen LogP contribution >= 0.6 is 11.3 Å². The second-order valence-corrected chi connectivity index (χ2v) is 5.66. The third-order valence-corrected chi connectivity index (χ3v) is 4.26. The smallest absolute Gasteiger partial charge is 0.152 e. The molecule has 0 unspecified atom stereocenters. The van der Waals surface area contributed by atoms with Crippen molar-refractivity contribution < 1.29 is 19.7 Å². The lowest BCUT2D eigenvalue weighted by molar-refractivity contribution is 0.404. The maximum absolute atomic E-state index is 9.94. The number of benzene rings is 2. The normalized spacial score (nSPS) is 10.5. The van der Waals surface area contributed by atoms with Gasteiger partial charge in [-0.15, -0.1) is 10.2 Å². The van der Waals surface area contributed by atoms with E-state index in [1.54, 1.807) is 32.4 Å². The van der Waals surface area contributed by atoms with E-state index in [0.717, 1.165) is 5.56 Å². The van der Waals surface area contributed by atoms with Crippen molar-refractivity contribution in [3.63, 3.8) is 0 Å². The molecule has 0 amide bonds. The third kappa shape index (κ3) is 2.91. The Morgan fingerprint density at radius 2 is 1.61 bits per heavy atom. The molecule has 0 saturated heterocycles. The first-order valence-electron chi connectivity index (χ1n) is 6.70. The molecular formula is C16H14N2O4S. The minimum absolute atomic E-state index is 0.00884. The van der Waals surface area contributed by atoms with Crippen LogP contribution in [-0.4, -0.2) is 34.6 Å². The Balaban J connectivity index is 2.05. The van der Waals surface area contributed by atoms with E-state index in [4.69, 9.17) is 9.47 Å². The van der Waals surface area contributed by atoms with Crippen LogP contribution in [0.1, 0.15) is 0 Å². The highest BCUT2D eigenvalue weighted by molar-refractivity contribution is 7.18. The van der Waals surface area contributed by atoms with E-state index in [0.29, 0.717) is 27.1 Å². The van der Waals surface area contributed by atoms with Crippen LogP contribution in [0, 0.1) is 0 Å². The van der Waals surface area contributed by atoms with Crippen LogP contribution in [0.3, 0.4) is 0 Å². The van der Waals surface area contributed by atoms with Crippen molar-refractivity contribution in [2.24, 2.45) is 0 Å². The zero-order valence-electron chi connectivity index (χ0n) is 12.5. The molecule has 3 rings (SSSR count). The molecule has 1 aromatic heterocycles. The molecule has 2 aromatic carbocycles. The highest BCUT2D eigenvalue weighted by Crippen LogP contribution is 2.39. The largest absolute Gasteiger partial charge is 0.508 e. The summed E-state index contributed by atoms with van der Waals surface area (Å²) in [5, 5.41) is 28.8. The standard InChI is InChI=1S/C16H14N2O4S/c1-21-10-4-6-14(22-2)12(8-10)16-18-17-15(23-16)11-5-3-9(19)7-13(11)20/h3-8,19-20H,1-2H3. The molecule has 0 aliphatic carbocycles. The number of aromatic nitrogens is 2. The maximum Gasteiger partial charge on any atom is 0.152 e. The molecule has 0 aliphatic rings. The summed E-state index contributed by atoms with van der Waals surface area (Å²) in [6.07, 6.45) is 0. The average molecular weight is 330 g/mol. The van der Waals surface area contributed by atoms with Gasteiger partial charge in [-0.2, -0.15) is 0 Å². The minimum atomic E-state index is -0.0506. The van der Waals surface area contributed by atoms with Gasteiger partial charge in [0.15, 0.2) is 10.0 Å². The Bertz CT molecular complexity index is 848. The van der Waals surface area contributed by atoms with Crippen LogP contribution in [0.5, 0.6) is 23.0 Å². The van der Waals surface area contributed by atoms with Crippen molar-refractivity contribution in [3.8, 4) is 44.1 Å². The van der Waals surface area contributed by atoms with Gasteiger partial charge in [-0.25, -0.2) is 0 Å². The van der Waals surface area contributed by atoms with E-state index in [2.05, 4.69) is 10.2 Å². The quantitative estimate of drug-likeness (QED) is 0.763. The summed E-state index contributed by atoms with van der Waals surface area (Å²) >= 11 is 1.31. The van der Waals surface area contributed by atoms with E-state index in [9.17, 15) is 10.2 Å². The predicted octanol–water partition coefficient (Wildman–Crippen LogP) is 3.30. The molecule has 7 heteroatoms. The zero-order chi connectivity index (χ0) is 16.4. The molecule has 1 heterocycles. The van der Waals surface area contributed by atoms with Crippen LogP contribution in [0.2, 0.25) is 0 Å². The topological polar surface area (TPSA) is 84.7 Å². The summed E-state index contributed by atoms with van der Waals surface area (Å²) in [6, 6.07) is 9.77. The summed E-state index contributed by atoms with van der Waals surface area (Å²) in [5.74, 6) is 1.28. The Morgan fingerprint density at radius 1 is 0.870 bits per heavy atom. The average Bonchev–Trinajstić information content (AvgIpc) is 3.03. The van der Waals surface area contributed by atoms with Gasteiger partial charge in [0.1, 0.15) is 23.0 Å². The van der Waals surface area contributed by atoms with Gasteiger partial charge in [0, 0.05) is 6.07 Å². The highest BCUT2D eigenvalue weighted by Gasteiger charge is 2.16. The van der Waals surface area contributed by atoms with Gasteiger partial charge in [0.05, 0.1) is 25.3 Å². The first-order valence-corrected chi connectivity index (χ1v) is 7.52. The van der Waals surface area contributed by atoms with Crippen molar-refractivity contribution in [3.05, 3.63) is 36.4 Å². The summed E-state index contributed by atoms with van der Waals surface area (Å²) < 4.78 is 10.6. The molecule has 2 N–H and O–H groups in total. The minimum Gasteiger partial charge on any atom is -0.508 e. The van der Waals surface area contributed by atoms with Gasteiger partial charge in [0.25, 0.3) is 0 Å². The summed E-state index contributed by atoms with van der Waals surface area (Å²) in [6.45, 7) is 0. The van der Waals surface area contributed by atoms with Gasteiger partial charge in [-0.3, -0.25) is 0 Å². The lowest BCUT2D eigenvalue weighted by atomic mass is 10.2. The van der Waals surface area contributed by atoms with E-state index in [1.165, 1.54) is 23.5 Å². The number of aromatic hydroxyl groups is 2. The van der Waals surface area contributed by atoms with Crippen molar-refractivity contribution >= 4 is 11.3 Å². The second kappa shape index (κ2) is 6.13. The highest BCUT2D eigenvalue weighted by atomic mass is 32.1. The number of phenolic OH excluding ortho intramolecular Hbond substituents is 2. The van der Waals surface area contributed by atoms with Crippen LogP contribution in [0.25, 0.3) is 21.1 Å². The predicted molar refractivity (Wildman–Crippen MR) is 87.2 cm³/mol. The summed E-state index contributed by atoms with van der Waals surface area (Å²) in [5.41, 5.74) is 1.27. The molecule has 0 spiro atoms. The van der Waals surface area contributed by atoms with Crippen LogP contribution in [0.15, 0.2) is 36.4 Å². The Kier molecular flexibility index (Phi) is 4.03. The molecule has 0 saturated carbocycles. The molecule has 0 atom stereocenters. The van der Waals surface area contributed by atoms with Gasteiger partial charge in [0.2, 0.25) is 0 Å². The fourth-order valence-electron chi connectivity index (χ4n) is 2.12. The Hall–Kier alpha value is -2.80. The molecular weight excluding hydrogens is 316 g/mol. The number of nitrogens with zero attached hydrogens (tertiary/aromatic N) is 2. The first-order chi connectivity index (χ1) is 11.1.